The summed E-state index contributed by atoms with van der Waals surface area (Å²) < 4.78 is 5.48. The number of nitrogens with zero attached hydrogens (tertiary/aromatic N) is 1. The summed E-state index contributed by atoms with van der Waals surface area (Å²) in [6.45, 7) is 7.56. The number of benzene rings is 1. The average Bonchev–Trinajstić information content (AvgIpc) is 2.56. The van der Waals surface area contributed by atoms with E-state index in [9.17, 15) is 4.79 Å². The molecule has 24 heavy (non-hydrogen) atoms. The minimum absolute atomic E-state index is 0.127. The van der Waals surface area contributed by atoms with E-state index in [-0.39, 0.29) is 5.91 Å². The van der Waals surface area contributed by atoms with Crippen molar-refractivity contribution in [2.75, 3.05) is 20.2 Å². The van der Waals surface area contributed by atoms with Crippen LogP contribution in [-0.2, 0) is 11.3 Å². The monoisotopic (exact) mass is 330 g/mol. The van der Waals surface area contributed by atoms with Crippen molar-refractivity contribution in [3.63, 3.8) is 0 Å². The van der Waals surface area contributed by atoms with E-state index in [1.54, 1.807) is 6.08 Å². The number of hydrogen-bond acceptors (Lipinski definition) is 3. The highest BCUT2D eigenvalue weighted by molar-refractivity contribution is 5.78. The molecule has 0 saturated heterocycles. The van der Waals surface area contributed by atoms with Crippen molar-refractivity contribution >= 4 is 5.91 Å². The Labute approximate surface area is 145 Å². The van der Waals surface area contributed by atoms with Crippen molar-refractivity contribution < 1.29 is 9.53 Å². The van der Waals surface area contributed by atoms with Gasteiger partial charge in [0.25, 0.3) is 0 Å². The molecular weight excluding hydrogens is 300 g/mol. The van der Waals surface area contributed by atoms with Gasteiger partial charge in [0, 0.05) is 12.6 Å². The van der Waals surface area contributed by atoms with Crippen LogP contribution in [0.5, 0.6) is 5.75 Å². The number of carbonyl (C=O) groups is 1. The number of nitrogens with one attached hydrogen (secondary N) is 1. The lowest BCUT2D eigenvalue weighted by molar-refractivity contribution is -0.123. The van der Waals surface area contributed by atoms with E-state index >= 15 is 0 Å². The van der Waals surface area contributed by atoms with Crippen molar-refractivity contribution in [3.8, 4) is 5.75 Å². The molecule has 1 aliphatic rings. The van der Waals surface area contributed by atoms with Gasteiger partial charge in [0.15, 0.2) is 0 Å². The largest absolute Gasteiger partial charge is 0.490 e. The second-order valence-electron chi connectivity index (χ2n) is 6.85. The number of hydrogen-bond donors (Lipinski definition) is 1. The molecule has 1 aliphatic carbocycles. The van der Waals surface area contributed by atoms with E-state index in [1.807, 2.05) is 36.2 Å². The summed E-state index contributed by atoms with van der Waals surface area (Å²) >= 11 is 0. The second kappa shape index (κ2) is 9.48. The van der Waals surface area contributed by atoms with Gasteiger partial charge in [0.2, 0.25) is 5.91 Å². The highest BCUT2D eigenvalue weighted by atomic mass is 16.5. The Bertz CT molecular complexity index is 527. The summed E-state index contributed by atoms with van der Waals surface area (Å²) in [6.07, 6.45) is 6.59. The quantitative estimate of drug-likeness (QED) is 0.743. The fraction of sp³-hybridized carbons (Fsp3) is 0.550. The first-order valence-corrected chi connectivity index (χ1v) is 8.89. The van der Waals surface area contributed by atoms with E-state index in [4.69, 9.17) is 4.74 Å². The summed E-state index contributed by atoms with van der Waals surface area (Å²) in [6, 6.07) is 8.33. The van der Waals surface area contributed by atoms with Gasteiger partial charge in [-0.15, -0.1) is 0 Å². The third-order valence-corrected chi connectivity index (χ3v) is 4.62. The highest BCUT2D eigenvalue weighted by Gasteiger charge is 2.23. The molecule has 2 unspecified atom stereocenters. The van der Waals surface area contributed by atoms with Gasteiger partial charge in [-0.05, 0) is 43.5 Å². The fourth-order valence-corrected chi connectivity index (χ4v) is 3.24. The predicted molar refractivity (Wildman–Crippen MR) is 98.0 cm³/mol. The zero-order valence-electron chi connectivity index (χ0n) is 15.0. The average molecular weight is 330 g/mol. The maximum Gasteiger partial charge on any atom is 0.234 e. The van der Waals surface area contributed by atoms with Gasteiger partial charge in [-0.3, -0.25) is 9.69 Å². The number of likely N-dealkylation sites (N-methyl/N-ethyl adjacent to an activating group) is 1. The van der Waals surface area contributed by atoms with Gasteiger partial charge in [0.05, 0.1) is 6.54 Å². The molecule has 0 radical (unpaired) electrons. The first kappa shape index (κ1) is 18.5. The Morgan fingerprint density at radius 1 is 1.33 bits per heavy atom. The van der Waals surface area contributed by atoms with Crippen LogP contribution < -0.4 is 10.1 Å². The third-order valence-electron chi connectivity index (χ3n) is 4.62. The molecule has 0 heterocycles. The fourth-order valence-electron chi connectivity index (χ4n) is 3.24. The molecule has 1 fully saturated rings. The van der Waals surface area contributed by atoms with E-state index in [0.717, 1.165) is 18.7 Å². The van der Waals surface area contributed by atoms with Crippen LogP contribution >= 0.6 is 0 Å². The lowest BCUT2D eigenvalue weighted by Crippen LogP contribution is -2.44. The third kappa shape index (κ3) is 6.00. The van der Waals surface area contributed by atoms with Gasteiger partial charge < -0.3 is 10.1 Å². The molecule has 1 aromatic rings. The summed E-state index contributed by atoms with van der Waals surface area (Å²) in [5, 5.41) is 3.21. The van der Waals surface area contributed by atoms with E-state index < -0.39 is 0 Å². The Balaban J connectivity index is 1.76. The van der Waals surface area contributed by atoms with Crippen LogP contribution in [0.25, 0.3) is 0 Å². The van der Waals surface area contributed by atoms with E-state index in [2.05, 4.69) is 18.8 Å². The summed E-state index contributed by atoms with van der Waals surface area (Å²) in [4.78, 5) is 14.3. The minimum Gasteiger partial charge on any atom is -0.490 e. The number of ether oxygens (including phenoxy) is 1. The molecule has 4 nitrogen and oxygen atoms in total. The Hall–Kier alpha value is -1.81. The van der Waals surface area contributed by atoms with E-state index in [1.165, 1.54) is 24.8 Å². The molecule has 2 rings (SSSR count). The number of rotatable bonds is 8. The first-order valence-electron chi connectivity index (χ1n) is 8.89. The van der Waals surface area contributed by atoms with Crippen molar-refractivity contribution in [1.29, 1.82) is 0 Å². The molecule has 1 saturated carbocycles. The van der Waals surface area contributed by atoms with Crippen molar-refractivity contribution in [1.82, 2.24) is 10.2 Å². The normalized spacial score (nSPS) is 20.6. The van der Waals surface area contributed by atoms with Crippen LogP contribution in [0.3, 0.4) is 0 Å². The molecule has 0 aromatic heterocycles. The SMILES string of the molecule is C=CCOc1ccc(CN(C)CC(=O)NC2CCCCC2C)cc1. The molecule has 0 aliphatic heterocycles. The van der Waals surface area contributed by atoms with Crippen molar-refractivity contribution in [2.24, 2.45) is 5.92 Å². The molecule has 1 aromatic carbocycles. The maximum absolute atomic E-state index is 12.2. The molecule has 0 bridgehead atoms. The smallest absolute Gasteiger partial charge is 0.234 e. The van der Waals surface area contributed by atoms with Gasteiger partial charge >= 0.3 is 0 Å². The van der Waals surface area contributed by atoms with Crippen LogP contribution in [0.1, 0.15) is 38.2 Å². The highest BCUT2D eigenvalue weighted by Crippen LogP contribution is 2.23. The Morgan fingerprint density at radius 3 is 2.71 bits per heavy atom. The zero-order chi connectivity index (χ0) is 17.4. The van der Waals surface area contributed by atoms with Crippen molar-refractivity contribution in [3.05, 3.63) is 42.5 Å². The maximum atomic E-state index is 12.2. The van der Waals surface area contributed by atoms with Crippen LogP contribution in [-0.4, -0.2) is 37.0 Å². The number of amides is 1. The minimum atomic E-state index is 0.127. The molecule has 4 heteroatoms. The van der Waals surface area contributed by atoms with Crippen LogP contribution in [0.2, 0.25) is 0 Å². The van der Waals surface area contributed by atoms with Gasteiger partial charge in [0.1, 0.15) is 12.4 Å². The van der Waals surface area contributed by atoms with Crippen molar-refractivity contribution in [2.45, 2.75) is 45.2 Å². The van der Waals surface area contributed by atoms with Gasteiger partial charge in [-0.25, -0.2) is 0 Å². The van der Waals surface area contributed by atoms with Gasteiger partial charge in [-0.1, -0.05) is 44.6 Å². The van der Waals surface area contributed by atoms with Crippen LogP contribution in [0.4, 0.5) is 0 Å². The summed E-state index contributed by atoms with van der Waals surface area (Å²) in [5.74, 6) is 1.56. The molecule has 132 valence electrons. The number of carbonyl (C=O) groups excluding carboxylic acids is 1. The molecule has 0 spiro atoms. The molecule has 2 atom stereocenters. The van der Waals surface area contributed by atoms with E-state index in [0.29, 0.717) is 25.1 Å². The Kier molecular flexibility index (Phi) is 7.32. The lowest BCUT2D eigenvalue weighted by atomic mass is 9.86. The lowest BCUT2D eigenvalue weighted by Gasteiger charge is -2.30. The Morgan fingerprint density at radius 2 is 2.04 bits per heavy atom. The zero-order valence-corrected chi connectivity index (χ0v) is 15.0. The summed E-state index contributed by atoms with van der Waals surface area (Å²) in [7, 11) is 1.98. The van der Waals surface area contributed by atoms with Crippen LogP contribution in [0, 0.1) is 5.92 Å². The standard InChI is InChI=1S/C20H30N2O2/c1-4-13-24-18-11-9-17(10-12-18)14-22(3)15-20(23)21-19-8-6-5-7-16(19)2/h4,9-12,16,19H,1,5-8,13-15H2,2-3H3,(H,21,23). The topological polar surface area (TPSA) is 41.6 Å². The van der Waals surface area contributed by atoms with Gasteiger partial charge in [-0.2, -0.15) is 0 Å². The molecular formula is C20H30N2O2. The molecule has 1 amide bonds. The predicted octanol–water partition coefficient (Wildman–Crippen LogP) is 3.38. The molecule has 1 N–H and O–H groups in total. The summed E-state index contributed by atoms with van der Waals surface area (Å²) in [5.41, 5.74) is 1.17. The first-order chi connectivity index (χ1) is 11.6. The van der Waals surface area contributed by atoms with Crippen LogP contribution in [0.15, 0.2) is 36.9 Å². The second-order valence-corrected chi connectivity index (χ2v) is 6.85.